The molecule has 3 nitrogen and oxygen atoms in total. The molecule has 2 rings (SSSR count). The first-order chi connectivity index (χ1) is 10.8. The monoisotopic (exact) mass is 330 g/mol. The van der Waals surface area contributed by atoms with E-state index >= 15 is 0 Å². The molecule has 130 valence electrons. The van der Waals surface area contributed by atoms with Crippen molar-refractivity contribution in [3.63, 3.8) is 0 Å². The van der Waals surface area contributed by atoms with Crippen LogP contribution >= 0.6 is 0 Å². The summed E-state index contributed by atoms with van der Waals surface area (Å²) in [5, 5.41) is 0. The predicted molar refractivity (Wildman–Crippen MR) is 84.5 cm³/mol. The SMILES string of the molecule is CC(C)CN1CCN(Cc2cccc(OCC(F)(F)F)c2)CC1. The van der Waals surface area contributed by atoms with Crippen LogP contribution in [0, 0.1) is 5.92 Å². The molecule has 0 spiro atoms. The third-order valence-electron chi connectivity index (χ3n) is 3.80. The molecule has 0 aliphatic carbocycles. The highest BCUT2D eigenvalue weighted by molar-refractivity contribution is 5.28. The summed E-state index contributed by atoms with van der Waals surface area (Å²) in [5.41, 5.74) is 0.988. The van der Waals surface area contributed by atoms with Gasteiger partial charge in [0.1, 0.15) is 5.75 Å². The van der Waals surface area contributed by atoms with Gasteiger partial charge in [0.25, 0.3) is 0 Å². The molecule has 0 bridgehead atoms. The van der Waals surface area contributed by atoms with E-state index in [4.69, 9.17) is 4.74 Å². The molecular weight excluding hydrogens is 305 g/mol. The average molecular weight is 330 g/mol. The molecule has 0 radical (unpaired) electrons. The van der Waals surface area contributed by atoms with Crippen LogP contribution in [0.4, 0.5) is 13.2 Å². The third kappa shape index (κ3) is 6.79. The zero-order valence-corrected chi connectivity index (χ0v) is 13.8. The number of ether oxygens (including phenoxy) is 1. The summed E-state index contributed by atoms with van der Waals surface area (Å²) in [6.07, 6.45) is -4.30. The fourth-order valence-electron chi connectivity index (χ4n) is 2.80. The van der Waals surface area contributed by atoms with Crippen LogP contribution in [0.25, 0.3) is 0 Å². The van der Waals surface area contributed by atoms with Crippen molar-refractivity contribution in [2.75, 3.05) is 39.3 Å². The second-order valence-corrected chi connectivity index (χ2v) is 6.52. The summed E-state index contributed by atoms with van der Waals surface area (Å²) in [4.78, 5) is 4.80. The Bertz CT molecular complexity index is 483. The quantitative estimate of drug-likeness (QED) is 0.795. The Kier molecular flexibility index (Phi) is 6.30. The number of alkyl halides is 3. The highest BCUT2D eigenvalue weighted by atomic mass is 19.4. The summed E-state index contributed by atoms with van der Waals surface area (Å²) in [5.74, 6) is 0.947. The van der Waals surface area contributed by atoms with Crippen molar-refractivity contribution < 1.29 is 17.9 Å². The fraction of sp³-hybridized carbons (Fsp3) is 0.647. The molecule has 1 aliphatic heterocycles. The molecule has 0 aromatic heterocycles. The van der Waals surface area contributed by atoms with Gasteiger partial charge in [0.2, 0.25) is 0 Å². The van der Waals surface area contributed by atoms with Gasteiger partial charge in [-0.1, -0.05) is 26.0 Å². The number of nitrogens with zero attached hydrogens (tertiary/aromatic N) is 2. The van der Waals surface area contributed by atoms with Crippen LogP contribution < -0.4 is 4.74 Å². The Morgan fingerprint density at radius 3 is 2.35 bits per heavy atom. The molecule has 0 amide bonds. The molecular formula is C17H25F3N2O. The van der Waals surface area contributed by atoms with Crippen molar-refractivity contribution >= 4 is 0 Å². The summed E-state index contributed by atoms with van der Waals surface area (Å²) >= 11 is 0. The third-order valence-corrected chi connectivity index (χ3v) is 3.80. The van der Waals surface area contributed by atoms with Gasteiger partial charge in [0.15, 0.2) is 6.61 Å². The molecule has 23 heavy (non-hydrogen) atoms. The Labute approximate surface area is 136 Å². The van der Waals surface area contributed by atoms with E-state index in [-0.39, 0.29) is 5.75 Å². The predicted octanol–water partition coefficient (Wildman–Crippen LogP) is 3.40. The normalized spacial score (nSPS) is 17.7. The van der Waals surface area contributed by atoms with Crippen LogP contribution in [0.15, 0.2) is 24.3 Å². The van der Waals surface area contributed by atoms with E-state index < -0.39 is 12.8 Å². The van der Waals surface area contributed by atoms with E-state index in [1.165, 1.54) is 0 Å². The molecule has 6 heteroatoms. The van der Waals surface area contributed by atoms with Gasteiger partial charge in [-0.05, 0) is 23.6 Å². The molecule has 1 fully saturated rings. The standard InChI is InChI=1S/C17H25F3N2O/c1-14(2)11-21-6-8-22(9-7-21)12-15-4-3-5-16(10-15)23-13-17(18,19)20/h3-5,10,14H,6-9,11-13H2,1-2H3. The maximum Gasteiger partial charge on any atom is 0.422 e. The lowest BCUT2D eigenvalue weighted by Gasteiger charge is -2.35. The second kappa shape index (κ2) is 8.02. The molecule has 1 aliphatic rings. The van der Waals surface area contributed by atoms with Crippen molar-refractivity contribution in [3.8, 4) is 5.75 Å². The number of hydrogen-bond acceptors (Lipinski definition) is 3. The minimum absolute atomic E-state index is 0.276. The Morgan fingerprint density at radius 2 is 1.74 bits per heavy atom. The first-order valence-electron chi connectivity index (χ1n) is 8.05. The van der Waals surface area contributed by atoms with Crippen LogP contribution in [0.3, 0.4) is 0 Å². The van der Waals surface area contributed by atoms with Gasteiger partial charge in [-0.15, -0.1) is 0 Å². The van der Waals surface area contributed by atoms with E-state index in [2.05, 4.69) is 23.6 Å². The highest BCUT2D eigenvalue weighted by Crippen LogP contribution is 2.20. The van der Waals surface area contributed by atoms with E-state index in [0.29, 0.717) is 5.92 Å². The molecule has 1 aromatic rings. The van der Waals surface area contributed by atoms with Gasteiger partial charge in [-0.3, -0.25) is 4.90 Å². The summed E-state index contributed by atoms with van der Waals surface area (Å²) in [7, 11) is 0. The summed E-state index contributed by atoms with van der Waals surface area (Å²) < 4.78 is 41.4. The van der Waals surface area contributed by atoms with Crippen molar-refractivity contribution in [3.05, 3.63) is 29.8 Å². The number of piperazine rings is 1. The minimum Gasteiger partial charge on any atom is -0.484 e. The van der Waals surface area contributed by atoms with Crippen molar-refractivity contribution in [1.82, 2.24) is 9.80 Å². The Hall–Kier alpha value is -1.27. The van der Waals surface area contributed by atoms with Gasteiger partial charge >= 0.3 is 6.18 Å². The molecule has 0 unspecified atom stereocenters. The molecule has 1 heterocycles. The van der Waals surface area contributed by atoms with E-state index in [1.807, 2.05) is 6.07 Å². The Balaban J connectivity index is 1.82. The zero-order chi connectivity index (χ0) is 16.9. The average Bonchev–Trinajstić information content (AvgIpc) is 2.46. The zero-order valence-electron chi connectivity index (χ0n) is 13.8. The summed E-state index contributed by atoms with van der Waals surface area (Å²) in [6, 6.07) is 6.94. The number of hydrogen-bond donors (Lipinski definition) is 0. The maximum absolute atomic E-state index is 12.2. The van der Waals surface area contributed by atoms with Gasteiger partial charge in [0.05, 0.1) is 0 Å². The van der Waals surface area contributed by atoms with Gasteiger partial charge in [0, 0.05) is 39.3 Å². The first-order valence-corrected chi connectivity index (χ1v) is 8.05. The number of halogens is 3. The van der Waals surface area contributed by atoms with Gasteiger partial charge < -0.3 is 9.64 Å². The van der Waals surface area contributed by atoms with Crippen LogP contribution in [0.5, 0.6) is 5.75 Å². The number of benzene rings is 1. The maximum atomic E-state index is 12.2. The fourth-order valence-corrected chi connectivity index (χ4v) is 2.80. The number of rotatable bonds is 6. The lowest BCUT2D eigenvalue weighted by molar-refractivity contribution is -0.153. The van der Waals surface area contributed by atoms with Crippen LogP contribution in [0.1, 0.15) is 19.4 Å². The first kappa shape index (κ1) is 18.1. The second-order valence-electron chi connectivity index (χ2n) is 6.52. The lowest BCUT2D eigenvalue weighted by Crippen LogP contribution is -2.46. The van der Waals surface area contributed by atoms with Crippen molar-refractivity contribution in [2.24, 2.45) is 5.92 Å². The molecule has 1 aromatic carbocycles. The van der Waals surface area contributed by atoms with Crippen LogP contribution in [-0.2, 0) is 6.54 Å². The highest BCUT2D eigenvalue weighted by Gasteiger charge is 2.28. The van der Waals surface area contributed by atoms with Crippen molar-refractivity contribution in [2.45, 2.75) is 26.6 Å². The van der Waals surface area contributed by atoms with E-state index in [1.54, 1.807) is 18.2 Å². The van der Waals surface area contributed by atoms with Crippen LogP contribution in [0.2, 0.25) is 0 Å². The molecule has 0 saturated carbocycles. The molecule has 1 saturated heterocycles. The van der Waals surface area contributed by atoms with E-state index in [0.717, 1.165) is 44.8 Å². The largest absolute Gasteiger partial charge is 0.484 e. The lowest BCUT2D eigenvalue weighted by atomic mass is 10.1. The van der Waals surface area contributed by atoms with Gasteiger partial charge in [-0.25, -0.2) is 0 Å². The van der Waals surface area contributed by atoms with Gasteiger partial charge in [-0.2, -0.15) is 13.2 Å². The summed E-state index contributed by atoms with van der Waals surface area (Å²) in [6.45, 7) is 9.13. The minimum atomic E-state index is -4.30. The van der Waals surface area contributed by atoms with Crippen molar-refractivity contribution in [1.29, 1.82) is 0 Å². The molecule has 0 N–H and O–H groups in total. The topological polar surface area (TPSA) is 15.7 Å². The Morgan fingerprint density at radius 1 is 1.09 bits per heavy atom. The smallest absolute Gasteiger partial charge is 0.422 e. The van der Waals surface area contributed by atoms with E-state index in [9.17, 15) is 13.2 Å². The van der Waals surface area contributed by atoms with Crippen LogP contribution in [-0.4, -0.2) is 55.3 Å². The molecule has 0 atom stereocenters.